The highest BCUT2D eigenvalue weighted by molar-refractivity contribution is 7.89. The van der Waals surface area contributed by atoms with Crippen molar-refractivity contribution < 1.29 is 13.2 Å². The molecule has 0 radical (unpaired) electrons. The number of rotatable bonds is 10. The minimum absolute atomic E-state index is 0.313. The monoisotopic (exact) mass is 531 g/mol. The first-order valence-corrected chi connectivity index (χ1v) is 14.4. The Morgan fingerprint density at radius 1 is 0.842 bits per heavy atom. The molecule has 38 heavy (non-hydrogen) atoms. The first-order chi connectivity index (χ1) is 18.5. The standard InChI is InChI=1S/C29H33N5O3S/c1-37-24-9-7-8-23(18-24)32-28-26-12-5-6-13-27(26)33-29(34-28)30-19-21-14-16-22(17-15-21)20-31-38(35,36)25-10-3-2-4-11-25/h2-13,18,21-22,31H,14-17,19-20H2,1H3,(H2,30,32,33,34). The van der Waals surface area contributed by atoms with Gasteiger partial charge in [-0.25, -0.2) is 18.1 Å². The molecule has 0 saturated heterocycles. The zero-order chi connectivity index (χ0) is 26.4. The van der Waals surface area contributed by atoms with Crippen LogP contribution in [-0.4, -0.2) is 38.6 Å². The Labute approximate surface area is 223 Å². The molecule has 0 atom stereocenters. The molecule has 1 aliphatic rings. The quantitative estimate of drug-likeness (QED) is 0.245. The zero-order valence-corrected chi connectivity index (χ0v) is 22.2. The number of sulfonamides is 1. The predicted octanol–water partition coefficient (Wildman–Crippen LogP) is 5.58. The van der Waals surface area contributed by atoms with Crippen LogP contribution in [-0.2, 0) is 10.0 Å². The van der Waals surface area contributed by atoms with Crippen molar-refractivity contribution >= 4 is 38.4 Å². The summed E-state index contributed by atoms with van der Waals surface area (Å²) in [6.45, 7) is 1.25. The Morgan fingerprint density at radius 2 is 1.55 bits per heavy atom. The van der Waals surface area contributed by atoms with Gasteiger partial charge in [-0.15, -0.1) is 0 Å². The predicted molar refractivity (Wildman–Crippen MR) is 151 cm³/mol. The number of para-hydroxylation sites is 1. The van der Waals surface area contributed by atoms with Gasteiger partial charge >= 0.3 is 0 Å². The lowest BCUT2D eigenvalue weighted by atomic mass is 9.82. The second kappa shape index (κ2) is 11.8. The molecule has 198 valence electrons. The summed E-state index contributed by atoms with van der Waals surface area (Å²) in [5.41, 5.74) is 1.75. The third-order valence-electron chi connectivity index (χ3n) is 7.07. The molecular formula is C29H33N5O3S. The zero-order valence-electron chi connectivity index (χ0n) is 21.4. The second-order valence-corrected chi connectivity index (χ2v) is 11.5. The first kappa shape index (κ1) is 25.9. The summed E-state index contributed by atoms with van der Waals surface area (Å²) < 4.78 is 33.2. The van der Waals surface area contributed by atoms with Crippen molar-refractivity contribution in [1.29, 1.82) is 0 Å². The maximum Gasteiger partial charge on any atom is 0.240 e. The Balaban J connectivity index is 1.18. The summed E-state index contributed by atoms with van der Waals surface area (Å²) in [7, 11) is -1.81. The summed E-state index contributed by atoms with van der Waals surface area (Å²) in [5, 5.41) is 7.81. The normalized spacial score (nSPS) is 17.7. The van der Waals surface area contributed by atoms with Crippen LogP contribution in [0.1, 0.15) is 25.7 Å². The summed E-state index contributed by atoms with van der Waals surface area (Å²) in [4.78, 5) is 9.83. The fourth-order valence-electron chi connectivity index (χ4n) is 4.87. The molecule has 4 aromatic rings. The van der Waals surface area contributed by atoms with Gasteiger partial charge in [0.15, 0.2) is 0 Å². The van der Waals surface area contributed by atoms with E-state index in [1.165, 1.54) is 0 Å². The Hall–Kier alpha value is -3.69. The molecule has 1 heterocycles. The van der Waals surface area contributed by atoms with Crippen molar-refractivity contribution in [3.63, 3.8) is 0 Å². The van der Waals surface area contributed by atoms with Crippen molar-refractivity contribution in [2.75, 3.05) is 30.8 Å². The molecule has 8 nitrogen and oxygen atoms in total. The number of methoxy groups -OCH3 is 1. The van der Waals surface area contributed by atoms with E-state index in [9.17, 15) is 8.42 Å². The average Bonchev–Trinajstić information content (AvgIpc) is 2.96. The van der Waals surface area contributed by atoms with E-state index in [-0.39, 0.29) is 0 Å². The van der Waals surface area contributed by atoms with Crippen molar-refractivity contribution in [1.82, 2.24) is 14.7 Å². The van der Waals surface area contributed by atoms with Crippen LogP contribution in [0.3, 0.4) is 0 Å². The van der Waals surface area contributed by atoms with E-state index in [1.54, 1.807) is 31.4 Å². The molecule has 0 aliphatic heterocycles. The van der Waals surface area contributed by atoms with Gasteiger partial charge in [-0.05, 0) is 73.9 Å². The molecule has 9 heteroatoms. The van der Waals surface area contributed by atoms with Gasteiger partial charge < -0.3 is 15.4 Å². The molecule has 0 spiro atoms. The van der Waals surface area contributed by atoms with Gasteiger partial charge in [-0.3, -0.25) is 0 Å². The van der Waals surface area contributed by atoms with Crippen molar-refractivity contribution in [2.24, 2.45) is 11.8 Å². The molecule has 1 fully saturated rings. The maximum atomic E-state index is 12.5. The fourth-order valence-corrected chi connectivity index (χ4v) is 6.01. The van der Waals surface area contributed by atoms with Crippen LogP contribution in [0.15, 0.2) is 83.8 Å². The third-order valence-corrected chi connectivity index (χ3v) is 8.51. The van der Waals surface area contributed by atoms with Gasteiger partial charge in [0, 0.05) is 30.2 Å². The Morgan fingerprint density at radius 3 is 2.32 bits per heavy atom. The summed E-state index contributed by atoms with van der Waals surface area (Å²) in [6, 6.07) is 24.2. The molecule has 3 aromatic carbocycles. The van der Waals surface area contributed by atoms with Gasteiger partial charge in [0.1, 0.15) is 11.6 Å². The summed E-state index contributed by atoms with van der Waals surface area (Å²) >= 11 is 0. The van der Waals surface area contributed by atoms with Crippen molar-refractivity contribution in [2.45, 2.75) is 30.6 Å². The average molecular weight is 532 g/mol. The number of ether oxygens (including phenoxy) is 1. The van der Waals surface area contributed by atoms with E-state index in [0.717, 1.165) is 60.4 Å². The third kappa shape index (κ3) is 6.41. The van der Waals surface area contributed by atoms with E-state index < -0.39 is 10.0 Å². The van der Waals surface area contributed by atoms with Crippen LogP contribution >= 0.6 is 0 Å². The van der Waals surface area contributed by atoms with Gasteiger partial charge in [0.25, 0.3) is 0 Å². The molecule has 0 unspecified atom stereocenters. The molecular weight excluding hydrogens is 498 g/mol. The van der Waals surface area contributed by atoms with Crippen LogP contribution in [0, 0.1) is 11.8 Å². The number of hydrogen-bond acceptors (Lipinski definition) is 7. The van der Waals surface area contributed by atoms with Crippen LogP contribution in [0.2, 0.25) is 0 Å². The number of nitrogens with zero attached hydrogens (tertiary/aromatic N) is 2. The maximum absolute atomic E-state index is 12.5. The van der Waals surface area contributed by atoms with Crippen LogP contribution < -0.4 is 20.1 Å². The van der Waals surface area contributed by atoms with Crippen molar-refractivity contribution in [3.05, 3.63) is 78.9 Å². The Bertz CT molecular complexity index is 1470. The van der Waals surface area contributed by atoms with E-state index in [0.29, 0.717) is 29.2 Å². The fraction of sp³-hybridized carbons (Fsp3) is 0.310. The number of anilines is 3. The van der Waals surface area contributed by atoms with E-state index in [1.807, 2.05) is 54.6 Å². The van der Waals surface area contributed by atoms with Crippen molar-refractivity contribution in [3.8, 4) is 5.75 Å². The minimum Gasteiger partial charge on any atom is -0.497 e. The number of nitrogens with one attached hydrogen (secondary N) is 3. The lowest BCUT2D eigenvalue weighted by molar-refractivity contribution is 0.284. The summed E-state index contributed by atoms with van der Waals surface area (Å²) in [5.74, 6) is 2.94. The van der Waals surface area contributed by atoms with Gasteiger partial charge in [0.2, 0.25) is 16.0 Å². The summed E-state index contributed by atoms with van der Waals surface area (Å²) in [6.07, 6.45) is 4.05. The van der Waals surface area contributed by atoms with Crippen LogP contribution in [0.5, 0.6) is 5.75 Å². The van der Waals surface area contributed by atoms with Gasteiger partial charge in [-0.2, -0.15) is 4.98 Å². The molecule has 5 rings (SSSR count). The highest BCUT2D eigenvalue weighted by atomic mass is 32.2. The highest BCUT2D eigenvalue weighted by Gasteiger charge is 2.23. The molecule has 0 amide bonds. The molecule has 1 aliphatic carbocycles. The van der Waals surface area contributed by atoms with Gasteiger partial charge in [0.05, 0.1) is 17.5 Å². The lowest BCUT2D eigenvalue weighted by Crippen LogP contribution is -2.32. The smallest absolute Gasteiger partial charge is 0.240 e. The molecule has 1 saturated carbocycles. The number of benzene rings is 3. The highest BCUT2D eigenvalue weighted by Crippen LogP contribution is 2.30. The van der Waals surface area contributed by atoms with E-state index >= 15 is 0 Å². The van der Waals surface area contributed by atoms with Gasteiger partial charge in [-0.1, -0.05) is 36.4 Å². The van der Waals surface area contributed by atoms with E-state index in [2.05, 4.69) is 15.4 Å². The molecule has 1 aromatic heterocycles. The largest absolute Gasteiger partial charge is 0.497 e. The van der Waals surface area contributed by atoms with Crippen LogP contribution in [0.4, 0.5) is 17.5 Å². The van der Waals surface area contributed by atoms with Crippen LogP contribution in [0.25, 0.3) is 10.9 Å². The SMILES string of the molecule is COc1cccc(Nc2nc(NCC3CCC(CNS(=O)(=O)c4ccccc4)CC3)nc3ccccc23)c1. The first-order valence-electron chi connectivity index (χ1n) is 13.0. The minimum atomic E-state index is -3.46. The number of fused-ring (bicyclic) bond motifs is 1. The topological polar surface area (TPSA) is 105 Å². The van der Waals surface area contributed by atoms with E-state index in [4.69, 9.17) is 14.7 Å². The number of aromatic nitrogens is 2. The lowest BCUT2D eigenvalue weighted by Gasteiger charge is -2.28. The number of hydrogen-bond donors (Lipinski definition) is 3. The molecule has 0 bridgehead atoms. The molecule has 3 N–H and O–H groups in total. The second-order valence-electron chi connectivity index (χ2n) is 9.70. The Kier molecular flexibility index (Phi) is 8.05.